The highest BCUT2D eigenvalue weighted by molar-refractivity contribution is 4.74. The fraction of sp³-hybridized carbons (Fsp3) is 1.00. The van der Waals surface area contributed by atoms with Gasteiger partial charge in [0.25, 0.3) is 0 Å². The third kappa shape index (κ3) is 1.67. The second-order valence-electron chi connectivity index (χ2n) is 2.74. The van der Waals surface area contributed by atoms with E-state index in [0.29, 0.717) is 12.8 Å². The van der Waals surface area contributed by atoms with Crippen molar-refractivity contribution in [2.45, 2.75) is 38.1 Å². The van der Waals surface area contributed by atoms with Crippen LogP contribution in [0.4, 0.5) is 4.39 Å². The minimum Gasteiger partial charge on any atom is -0.394 e. The van der Waals surface area contributed by atoms with Crippen LogP contribution in [0.5, 0.6) is 0 Å². The van der Waals surface area contributed by atoms with Crippen LogP contribution >= 0.6 is 0 Å². The molecule has 10 heavy (non-hydrogen) atoms. The minimum atomic E-state index is -0.845. The first-order chi connectivity index (χ1) is 4.74. The normalized spacial score (nSPS) is 41.7. The summed E-state index contributed by atoms with van der Waals surface area (Å²) in [5.74, 6) is 0. The molecule has 0 amide bonds. The van der Waals surface area contributed by atoms with E-state index in [1.54, 1.807) is 6.92 Å². The molecule has 1 fully saturated rings. The summed E-state index contributed by atoms with van der Waals surface area (Å²) in [7, 11) is 0. The van der Waals surface area contributed by atoms with Crippen molar-refractivity contribution in [2.24, 2.45) is 0 Å². The standard InChI is InChI=1S/C7H13FO2/c1-5-7(8)3-2-6(4-9)10-5/h5-7,9H,2-4H2,1H3/t5?,6-,7+/m1/s1. The molecule has 1 aliphatic rings. The molecule has 2 nitrogen and oxygen atoms in total. The topological polar surface area (TPSA) is 29.5 Å². The van der Waals surface area contributed by atoms with Crippen molar-refractivity contribution < 1.29 is 14.2 Å². The smallest absolute Gasteiger partial charge is 0.126 e. The van der Waals surface area contributed by atoms with Gasteiger partial charge in [-0.2, -0.15) is 0 Å². The summed E-state index contributed by atoms with van der Waals surface area (Å²) >= 11 is 0. The van der Waals surface area contributed by atoms with E-state index < -0.39 is 6.17 Å². The molecule has 1 aliphatic heterocycles. The van der Waals surface area contributed by atoms with Crippen LogP contribution in [-0.2, 0) is 4.74 Å². The van der Waals surface area contributed by atoms with Crippen LogP contribution in [0.15, 0.2) is 0 Å². The molecule has 0 spiro atoms. The Hall–Kier alpha value is -0.150. The molecule has 3 heteroatoms. The SMILES string of the molecule is CC1O[C@@H](CO)CC[C@@H]1F. The number of rotatable bonds is 1. The summed E-state index contributed by atoms with van der Waals surface area (Å²) < 4.78 is 17.8. The van der Waals surface area contributed by atoms with Crippen LogP contribution in [0.2, 0.25) is 0 Å². The zero-order valence-corrected chi connectivity index (χ0v) is 6.09. The zero-order chi connectivity index (χ0) is 7.56. The van der Waals surface area contributed by atoms with Gasteiger partial charge in [-0.05, 0) is 19.8 Å². The third-order valence-corrected chi connectivity index (χ3v) is 1.88. The lowest BCUT2D eigenvalue weighted by Crippen LogP contribution is -2.36. The van der Waals surface area contributed by atoms with E-state index in [4.69, 9.17) is 9.84 Å². The Kier molecular flexibility index (Phi) is 2.63. The predicted molar refractivity (Wildman–Crippen MR) is 35.6 cm³/mol. The molecule has 1 rings (SSSR count). The van der Waals surface area contributed by atoms with Gasteiger partial charge in [0.05, 0.1) is 18.8 Å². The minimum absolute atomic E-state index is 0.0110. The van der Waals surface area contributed by atoms with Crippen LogP contribution in [-0.4, -0.2) is 30.1 Å². The van der Waals surface area contributed by atoms with Crippen molar-refractivity contribution in [3.63, 3.8) is 0 Å². The number of aliphatic hydroxyl groups excluding tert-OH is 1. The highest BCUT2D eigenvalue weighted by Gasteiger charge is 2.26. The fourth-order valence-electron chi connectivity index (χ4n) is 1.17. The van der Waals surface area contributed by atoms with Gasteiger partial charge in [0.15, 0.2) is 0 Å². The predicted octanol–water partition coefficient (Wildman–Crippen LogP) is 0.884. The number of hydrogen-bond acceptors (Lipinski definition) is 2. The molecule has 0 aromatic carbocycles. The summed E-state index contributed by atoms with van der Waals surface area (Å²) in [5.41, 5.74) is 0. The molecule has 1 N–H and O–H groups in total. The van der Waals surface area contributed by atoms with Crippen LogP contribution in [0.1, 0.15) is 19.8 Å². The van der Waals surface area contributed by atoms with Gasteiger partial charge < -0.3 is 9.84 Å². The van der Waals surface area contributed by atoms with Crippen molar-refractivity contribution in [1.29, 1.82) is 0 Å². The molecule has 0 radical (unpaired) electrons. The van der Waals surface area contributed by atoms with Crippen LogP contribution in [0, 0.1) is 0 Å². The van der Waals surface area contributed by atoms with Gasteiger partial charge in [0.2, 0.25) is 0 Å². The Morgan fingerprint density at radius 1 is 1.60 bits per heavy atom. The van der Waals surface area contributed by atoms with E-state index in [1.807, 2.05) is 0 Å². The monoisotopic (exact) mass is 148 g/mol. The molecule has 1 saturated heterocycles. The number of hydrogen-bond donors (Lipinski definition) is 1. The second kappa shape index (κ2) is 3.30. The number of alkyl halides is 1. The number of halogens is 1. The lowest BCUT2D eigenvalue weighted by Gasteiger charge is -2.29. The van der Waals surface area contributed by atoms with E-state index >= 15 is 0 Å². The zero-order valence-electron chi connectivity index (χ0n) is 6.09. The lowest BCUT2D eigenvalue weighted by molar-refractivity contribution is -0.0990. The molecule has 0 aromatic rings. The summed E-state index contributed by atoms with van der Waals surface area (Å²) in [4.78, 5) is 0. The van der Waals surface area contributed by atoms with E-state index in [-0.39, 0.29) is 18.8 Å². The first-order valence-corrected chi connectivity index (χ1v) is 3.64. The molecule has 0 aliphatic carbocycles. The van der Waals surface area contributed by atoms with Crippen molar-refractivity contribution >= 4 is 0 Å². The van der Waals surface area contributed by atoms with Crippen LogP contribution in [0.25, 0.3) is 0 Å². The number of ether oxygens (including phenoxy) is 1. The molecule has 60 valence electrons. The molecule has 1 unspecified atom stereocenters. The van der Waals surface area contributed by atoms with Gasteiger partial charge >= 0.3 is 0 Å². The van der Waals surface area contributed by atoms with Gasteiger partial charge in [-0.15, -0.1) is 0 Å². The highest BCUT2D eigenvalue weighted by atomic mass is 19.1. The third-order valence-electron chi connectivity index (χ3n) is 1.88. The molecular weight excluding hydrogens is 135 g/mol. The van der Waals surface area contributed by atoms with Crippen molar-refractivity contribution in [3.05, 3.63) is 0 Å². The van der Waals surface area contributed by atoms with Crippen molar-refractivity contribution in [3.8, 4) is 0 Å². The summed E-state index contributed by atoms with van der Waals surface area (Å²) in [5, 5.41) is 8.65. The van der Waals surface area contributed by atoms with Crippen LogP contribution < -0.4 is 0 Å². The average Bonchev–Trinajstić information content (AvgIpc) is 1.95. The van der Waals surface area contributed by atoms with E-state index in [1.165, 1.54) is 0 Å². The Balaban J connectivity index is 2.33. The van der Waals surface area contributed by atoms with Gasteiger partial charge in [-0.25, -0.2) is 4.39 Å². The molecule has 1 heterocycles. The molecule has 0 aromatic heterocycles. The van der Waals surface area contributed by atoms with E-state index in [0.717, 1.165) is 0 Å². The van der Waals surface area contributed by atoms with Gasteiger partial charge in [-0.1, -0.05) is 0 Å². The van der Waals surface area contributed by atoms with Gasteiger partial charge in [0, 0.05) is 0 Å². The Labute approximate surface area is 60.0 Å². The fourth-order valence-corrected chi connectivity index (χ4v) is 1.17. The molecule has 0 saturated carbocycles. The van der Waals surface area contributed by atoms with E-state index in [9.17, 15) is 4.39 Å². The second-order valence-corrected chi connectivity index (χ2v) is 2.74. The molecule has 3 atom stereocenters. The quantitative estimate of drug-likeness (QED) is 0.598. The maximum Gasteiger partial charge on any atom is 0.126 e. The molecular formula is C7H13FO2. The Morgan fingerprint density at radius 3 is 2.80 bits per heavy atom. The number of aliphatic hydroxyl groups is 1. The maximum atomic E-state index is 12.7. The average molecular weight is 148 g/mol. The van der Waals surface area contributed by atoms with Crippen molar-refractivity contribution in [1.82, 2.24) is 0 Å². The van der Waals surface area contributed by atoms with Gasteiger partial charge in [0.1, 0.15) is 6.17 Å². The molecule has 0 bridgehead atoms. The highest BCUT2D eigenvalue weighted by Crippen LogP contribution is 2.21. The van der Waals surface area contributed by atoms with Crippen molar-refractivity contribution in [2.75, 3.05) is 6.61 Å². The first kappa shape index (κ1) is 7.95. The van der Waals surface area contributed by atoms with E-state index in [2.05, 4.69) is 0 Å². The largest absolute Gasteiger partial charge is 0.394 e. The Morgan fingerprint density at radius 2 is 2.30 bits per heavy atom. The Bertz CT molecular complexity index is 108. The van der Waals surface area contributed by atoms with Gasteiger partial charge in [-0.3, -0.25) is 0 Å². The first-order valence-electron chi connectivity index (χ1n) is 3.64. The maximum absolute atomic E-state index is 12.7. The summed E-state index contributed by atoms with van der Waals surface area (Å²) in [6.07, 6.45) is -0.162. The van der Waals surface area contributed by atoms with Crippen LogP contribution in [0.3, 0.4) is 0 Å². The summed E-state index contributed by atoms with van der Waals surface area (Å²) in [6.45, 7) is 1.71. The summed E-state index contributed by atoms with van der Waals surface area (Å²) in [6, 6.07) is 0. The lowest BCUT2D eigenvalue weighted by atomic mass is 10.0.